The summed E-state index contributed by atoms with van der Waals surface area (Å²) in [5, 5.41) is 3.67. The van der Waals surface area contributed by atoms with Crippen molar-refractivity contribution in [3.63, 3.8) is 0 Å². The molecule has 1 aromatic heterocycles. The van der Waals surface area contributed by atoms with Gasteiger partial charge in [-0.2, -0.15) is 0 Å². The summed E-state index contributed by atoms with van der Waals surface area (Å²) in [5.74, 6) is 1.09. The second kappa shape index (κ2) is 10.3. The lowest BCUT2D eigenvalue weighted by Crippen LogP contribution is -2.28. The van der Waals surface area contributed by atoms with Gasteiger partial charge in [0.1, 0.15) is 10.9 Å². The van der Waals surface area contributed by atoms with Crippen LogP contribution in [0.3, 0.4) is 0 Å². The summed E-state index contributed by atoms with van der Waals surface area (Å²) in [6.07, 6.45) is 1.01. The Morgan fingerprint density at radius 2 is 1.79 bits per heavy atom. The number of carbonyl (C=O) groups excluding carboxylic acids is 1. The van der Waals surface area contributed by atoms with Gasteiger partial charge in [0.05, 0.1) is 18.1 Å². The van der Waals surface area contributed by atoms with Crippen LogP contribution in [0.25, 0.3) is 22.6 Å². The van der Waals surface area contributed by atoms with Crippen molar-refractivity contribution in [3.05, 3.63) is 59.7 Å². The quantitative estimate of drug-likeness (QED) is 0.404. The van der Waals surface area contributed by atoms with E-state index in [9.17, 15) is 4.79 Å². The summed E-state index contributed by atoms with van der Waals surface area (Å²) in [6, 6.07) is 16.7. The third kappa shape index (κ3) is 5.71. The molecule has 2 aromatic carbocycles. The van der Waals surface area contributed by atoms with E-state index in [0.29, 0.717) is 18.9 Å². The van der Waals surface area contributed by atoms with Crippen LogP contribution >= 0.6 is 11.8 Å². The van der Waals surface area contributed by atoms with E-state index in [1.165, 1.54) is 22.9 Å². The van der Waals surface area contributed by atoms with Crippen molar-refractivity contribution in [1.29, 1.82) is 0 Å². The van der Waals surface area contributed by atoms with Crippen LogP contribution in [0, 0.1) is 6.92 Å². The molecule has 0 atom stereocenters. The molecule has 0 aliphatic rings. The zero-order valence-electron chi connectivity index (χ0n) is 17.1. The first-order valence-corrected chi connectivity index (χ1v) is 10.7. The molecular formula is C23H27N3O2S. The number of nitrogens with one attached hydrogen (secondary N) is 2. The van der Waals surface area contributed by atoms with Crippen molar-refractivity contribution in [2.45, 2.75) is 25.3 Å². The zero-order valence-corrected chi connectivity index (χ0v) is 17.9. The molecule has 29 heavy (non-hydrogen) atoms. The molecule has 0 bridgehead atoms. The van der Waals surface area contributed by atoms with Crippen LogP contribution in [0.2, 0.25) is 0 Å². The Labute approximate surface area is 176 Å². The second-order valence-electron chi connectivity index (χ2n) is 6.81. The molecule has 0 saturated heterocycles. The van der Waals surface area contributed by atoms with Crippen LogP contribution in [-0.2, 0) is 16.0 Å². The van der Waals surface area contributed by atoms with Gasteiger partial charge < -0.3 is 15.0 Å². The number of aromatic nitrogens is 2. The number of rotatable bonds is 9. The lowest BCUT2D eigenvalue weighted by molar-refractivity contribution is -0.118. The van der Waals surface area contributed by atoms with E-state index in [1.807, 2.05) is 0 Å². The van der Waals surface area contributed by atoms with Gasteiger partial charge in [-0.25, -0.2) is 4.98 Å². The van der Waals surface area contributed by atoms with Crippen molar-refractivity contribution in [2.75, 3.05) is 26.0 Å². The Morgan fingerprint density at radius 1 is 1.10 bits per heavy atom. The number of aryl methyl sites for hydroxylation is 2. The molecule has 0 saturated carbocycles. The molecule has 1 heterocycles. The maximum atomic E-state index is 12.1. The Balaban J connectivity index is 1.84. The minimum Gasteiger partial charge on any atom is -0.383 e. The van der Waals surface area contributed by atoms with Crippen molar-refractivity contribution in [1.82, 2.24) is 15.3 Å². The monoisotopic (exact) mass is 409 g/mol. The van der Waals surface area contributed by atoms with Crippen molar-refractivity contribution in [3.8, 4) is 22.6 Å². The fourth-order valence-electron chi connectivity index (χ4n) is 2.89. The first kappa shape index (κ1) is 21.1. The van der Waals surface area contributed by atoms with E-state index in [4.69, 9.17) is 9.72 Å². The van der Waals surface area contributed by atoms with Gasteiger partial charge in [0.15, 0.2) is 0 Å². The topological polar surface area (TPSA) is 67.0 Å². The van der Waals surface area contributed by atoms with E-state index in [0.717, 1.165) is 34.1 Å². The number of methoxy groups -OCH3 is 1. The molecule has 0 spiro atoms. The highest BCUT2D eigenvalue weighted by molar-refractivity contribution is 8.00. The molecule has 1 amide bonds. The Morgan fingerprint density at radius 3 is 2.45 bits per heavy atom. The predicted molar refractivity (Wildman–Crippen MR) is 119 cm³/mol. The fraction of sp³-hybridized carbons (Fsp3) is 0.304. The maximum absolute atomic E-state index is 12.1. The summed E-state index contributed by atoms with van der Waals surface area (Å²) in [5.41, 5.74) is 5.53. The number of amides is 1. The van der Waals surface area contributed by atoms with Crippen LogP contribution < -0.4 is 5.32 Å². The van der Waals surface area contributed by atoms with Gasteiger partial charge in [0.2, 0.25) is 5.91 Å². The normalized spacial score (nSPS) is 10.9. The molecule has 0 unspecified atom stereocenters. The molecule has 0 aliphatic carbocycles. The molecule has 2 N–H and O–H groups in total. The van der Waals surface area contributed by atoms with E-state index in [1.54, 1.807) is 7.11 Å². The molecule has 3 rings (SSSR count). The lowest BCUT2D eigenvalue weighted by atomic mass is 10.1. The van der Waals surface area contributed by atoms with Gasteiger partial charge in [0.25, 0.3) is 0 Å². The first-order chi connectivity index (χ1) is 14.1. The molecule has 5 nitrogen and oxygen atoms in total. The average Bonchev–Trinajstić information content (AvgIpc) is 3.17. The molecule has 6 heteroatoms. The smallest absolute Gasteiger partial charge is 0.230 e. The van der Waals surface area contributed by atoms with Gasteiger partial charge in [0, 0.05) is 24.8 Å². The number of H-pyrrole nitrogens is 1. The second-order valence-corrected chi connectivity index (χ2v) is 7.78. The molecule has 0 fully saturated rings. The number of ether oxygens (including phenoxy) is 1. The van der Waals surface area contributed by atoms with Crippen LogP contribution in [-0.4, -0.2) is 41.9 Å². The number of imidazole rings is 1. The van der Waals surface area contributed by atoms with Crippen LogP contribution in [0.4, 0.5) is 0 Å². The SMILES string of the molecule is CCc1ccc(-c2nc(SCC(=O)NCCOC)c(-c3ccc(C)cc3)[nH]2)cc1. The number of nitrogens with zero attached hydrogens (tertiary/aromatic N) is 1. The number of hydrogen-bond acceptors (Lipinski definition) is 4. The van der Waals surface area contributed by atoms with Crippen molar-refractivity contribution >= 4 is 17.7 Å². The maximum Gasteiger partial charge on any atom is 0.230 e. The van der Waals surface area contributed by atoms with Gasteiger partial charge >= 0.3 is 0 Å². The third-order valence-corrected chi connectivity index (χ3v) is 5.59. The Bertz CT molecular complexity index is 934. The first-order valence-electron chi connectivity index (χ1n) is 9.75. The zero-order chi connectivity index (χ0) is 20.6. The molecule has 3 aromatic rings. The fourth-order valence-corrected chi connectivity index (χ4v) is 3.73. The average molecular weight is 410 g/mol. The molecule has 0 aliphatic heterocycles. The van der Waals surface area contributed by atoms with Crippen LogP contribution in [0.1, 0.15) is 18.1 Å². The standard InChI is InChI=1S/C23H27N3O2S/c1-4-17-7-11-19(12-8-17)22-25-21(18-9-5-16(2)6-10-18)23(26-22)29-15-20(27)24-13-14-28-3/h5-12H,4,13-15H2,1-3H3,(H,24,27)(H,25,26). The molecule has 0 radical (unpaired) electrons. The van der Waals surface area contributed by atoms with Crippen molar-refractivity contribution in [2.24, 2.45) is 0 Å². The largest absolute Gasteiger partial charge is 0.383 e. The van der Waals surface area contributed by atoms with E-state index < -0.39 is 0 Å². The van der Waals surface area contributed by atoms with Gasteiger partial charge in [-0.15, -0.1) is 0 Å². The lowest BCUT2D eigenvalue weighted by Gasteiger charge is -2.05. The highest BCUT2D eigenvalue weighted by Gasteiger charge is 2.15. The Kier molecular flexibility index (Phi) is 7.49. The van der Waals surface area contributed by atoms with Crippen LogP contribution in [0.5, 0.6) is 0 Å². The predicted octanol–water partition coefficient (Wildman–Crippen LogP) is 4.47. The van der Waals surface area contributed by atoms with Gasteiger partial charge in [-0.3, -0.25) is 4.79 Å². The number of hydrogen-bond donors (Lipinski definition) is 2. The molecular weight excluding hydrogens is 382 g/mol. The summed E-state index contributed by atoms with van der Waals surface area (Å²) >= 11 is 1.44. The van der Waals surface area contributed by atoms with Crippen LogP contribution in [0.15, 0.2) is 53.6 Å². The van der Waals surface area contributed by atoms with Gasteiger partial charge in [-0.1, -0.05) is 72.8 Å². The number of carbonyl (C=O) groups is 1. The number of benzene rings is 2. The highest BCUT2D eigenvalue weighted by atomic mass is 32.2. The van der Waals surface area contributed by atoms with E-state index in [-0.39, 0.29) is 5.91 Å². The summed E-state index contributed by atoms with van der Waals surface area (Å²) < 4.78 is 4.97. The van der Waals surface area contributed by atoms with Gasteiger partial charge in [-0.05, 0) is 18.9 Å². The van der Waals surface area contributed by atoms with E-state index >= 15 is 0 Å². The third-order valence-electron chi connectivity index (χ3n) is 4.61. The summed E-state index contributed by atoms with van der Waals surface area (Å²) in [6.45, 7) is 5.23. The minimum absolute atomic E-state index is 0.0289. The minimum atomic E-state index is -0.0289. The van der Waals surface area contributed by atoms with Crippen molar-refractivity contribution < 1.29 is 9.53 Å². The molecule has 152 valence electrons. The highest BCUT2D eigenvalue weighted by Crippen LogP contribution is 2.32. The number of aromatic amines is 1. The van der Waals surface area contributed by atoms with E-state index in [2.05, 4.69) is 72.7 Å². The Hall–Kier alpha value is -2.57. The summed E-state index contributed by atoms with van der Waals surface area (Å²) in [4.78, 5) is 20.4. The number of thioether (sulfide) groups is 1. The summed E-state index contributed by atoms with van der Waals surface area (Å²) in [7, 11) is 1.62.